The van der Waals surface area contributed by atoms with Crippen LogP contribution in [0.1, 0.15) is 11.1 Å². The number of benzene rings is 2. The summed E-state index contributed by atoms with van der Waals surface area (Å²) in [5, 5.41) is 11.8. The number of carbonyl (C=O) groups is 1. The summed E-state index contributed by atoms with van der Waals surface area (Å²) in [5.41, 5.74) is 5.12. The number of hydrogen-bond acceptors (Lipinski definition) is 5. The largest absolute Gasteiger partial charge is 0.497 e. The fraction of sp³-hybridized carbons (Fsp3) is 0.292. The molecule has 1 aliphatic rings. The van der Waals surface area contributed by atoms with Crippen molar-refractivity contribution in [1.82, 2.24) is 15.1 Å². The van der Waals surface area contributed by atoms with Crippen LogP contribution in [0, 0.1) is 13.8 Å². The van der Waals surface area contributed by atoms with Gasteiger partial charge in [0.1, 0.15) is 5.75 Å². The lowest BCUT2D eigenvalue weighted by Gasteiger charge is -2.35. The first kappa shape index (κ1) is 20.7. The second kappa shape index (κ2) is 9.04. The Morgan fingerprint density at radius 3 is 2.45 bits per heavy atom. The van der Waals surface area contributed by atoms with Crippen LogP contribution >= 0.6 is 0 Å². The monoisotopic (exact) mass is 417 g/mol. The number of amides is 2. The molecule has 0 atom stereocenters. The van der Waals surface area contributed by atoms with Gasteiger partial charge in [0.05, 0.1) is 12.8 Å². The van der Waals surface area contributed by atoms with Crippen molar-refractivity contribution in [3.63, 3.8) is 0 Å². The molecule has 31 heavy (non-hydrogen) atoms. The Balaban J connectivity index is 1.35. The molecule has 0 bridgehead atoms. The van der Waals surface area contributed by atoms with Crippen LogP contribution < -0.4 is 15.0 Å². The zero-order valence-corrected chi connectivity index (χ0v) is 18.1. The van der Waals surface area contributed by atoms with Gasteiger partial charge in [-0.1, -0.05) is 29.8 Å². The van der Waals surface area contributed by atoms with E-state index in [1.165, 1.54) is 11.1 Å². The summed E-state index contributed by atoms with van der Waals surface area (Å²) in [6, 6.07) is 17.6. The first-order valence-corrected chi connectivity index (χ1v) is 10.4. The minimum Gasteiger partial charge on any atom is -0.497 e. The molecule has 160 valence electrons. The number of nitrogens with one attached hydrogen (secondary N) is 1. The van der Waals surface area contributed by atoms with Gasteiger partial charge in [-0.05, 0) is 43.7 Å². The van der Waals surface area contributed by atoms with Gasteiger partial charge in [-0.3, -0.25) is 0 Å². The maximum Gasteiger partial charge on any atom is 0.321 e. The van der Waals surface area contributed by atoms with Crippen LogP contribution in [0.5, 0.6) is 5.75 Å². The van der Waals surface area contributed by atoms with Crippen LogP contribution in [0.15, 0.2) is 54.6 Å². The summed E-state index contributed by atoms with van der Waals surface area (Å²) < 4.78 is 5.21. The van der Waals surface area contributed by atoms with Crippen molar-refractivity contribution >= 4 is 17.5 Å². The molecular weight excluding hydrogens is 390 g/mol. The van der Waals surface area contributed by atoms with E-state index in [4.69, 9.17) is 4.74 Å². The Hall–Kier alpha value is -3.61. The van der Waals surface area contributed by atoms with Crippen molar-refractivity contribution in [2.24, 2.45) is 0 Å². The Morgan fingerprint density at radius 1 is 0.968 bits per heavy atom. The molecule has 1 saturated heterocycles. The summed E-state index contributed by atoms with van der Waals surface area (Å²) in [6.45, 7) is 6.84. The van der Waals surface area contributed by atoms with Crippen LogP contribution in [0.4, 0.5) is 16.3 Å². The van der Waals surface area contributed by atoms with Crippen molar-refractivity contribution in [2.45, 2.75) is 13.8 Å². The molecule has 0 aliphatic carbocycles. The minimum atomic E-state index is -0.107. The fourth-order valence-corrected chi connectivity index (χ4v) is 3.78. The molecule has 1 N–H and O–H groups in total. The summed E-state index contributed by atoms with van der Waals surface area (Å²) in [6.07, 6.45) is 0. The van der Waals surface area contributed by atoms with Gasteiger partial charge in [0.2, 0.25) is 0 Å². The maximum absolute atomic E-state index is 12.6. The Bertz CT molecular complexity index is 1060. The van der Waals surface area contributed by atoms with Gasteiger partial charge in [-0.15, -0.1) is 10.2 Å². The molecule has 2 aromatic carbocycles. The van der Waals surface area contributed by atoms with Gasteiger partial charge in [0, 0.05) is 43.5 Å². The van der Waals surface area contributed by atoms with Crippen LogP contribution in [0.25, 0.3) is 11.3 Å². The topological polar surface area (TPSA) is 70.6 Å². The lowest BCUT2D eigenvalue weighted by atomic mass is 10.0. The van der Waals surface area contributed by atoms with E-state index in [0.29, 0.717) is 31.9 Å². The third-order valence-corrected chi connectivity index (χ3v) is 5.52. The molecule has 1 aromatic heterocycles. The molecular formula is C24H27N5O2. The lowest BCUT2D eigenvalue weighted by molar-refractivity contribution is 0.208. The highest BCUT2D eigenvalue weighted by Crippen LogP contribution is 2.24. The van der Waals surface area contributed by atoms with Crippen molar-refractivity contribution in [3.05, 3.63) is 65.7 Å². The molecule has 0 unspecified atom stereocenters. The maximum atomic E-state index is 12.6. The van der Waals surface area contributed by atoms with E-state index in [9.17, 15) is 4.79 Å². The number of ether oxygens (including phenoxy) is 1. The molecule has 0 spiro atoms. The Kier molecular flexibility index (Phi) is 6.02. The van der Waals surface area contributed by atoms with Crippen molar-refractivity contribution < 1.29 is 9.53 Å². The Labute approximate surface area is 182 Å². The number of anilines is 2. The van der Waals surface area contributed by atoms with E-state index >= 15 is 0 Å². The molecule has 1 aliphatic heterocycles. The normalized spacial score (nSPS) is 13.8. The summed E-state index contributed by atoms with van der Waals surface area (Å²) >= 11 is 0. The number of piperazine rings is 1. The number of nitrogens with zero attached hydrogens (tertiary/aromatic N) is 4. The van der Waals surface area contributed by atoms with Gasteiger partial charge in [0.15, 0.2) is 5.82 Å². The van der Waals surface area contributed by atoms with E-state index < -0.39 is 0 Å². The van der Waals surface area contributed by atoms with Crippen LogP contribution in [0.2, 0.25) is 0 Å². The van der Waals surface area contributed by atoms with Crippen molar-refractivity contribution in [2.75, 3.05) is 43.5 Å². The first-order valence-electron chi connectivity index (χ1n) is 10.4. The zero-order valence-electron chi connectivity index (χ0n) is 18.1. The zero-order chi connectivity index (χ0) is 21.8. The number of aryl methyl sites for hydroxylation is 2. The van der Waals surface area contributed by atoms with Crippen molar-refractivity contribution in [1.29, 1.82) is 0 Å². The van der Waals surface area contributed by atoms with Gasteiger partial charge in [-0.25, -0.2) is 4.79 Å². The van der Waals surface area contributed by atoms with E-state index in [2.05, 4.69) is 52.5 Å². The standard InChI is InChI=1S/C24H27N5O2/c1-17-7-8-21(18(2)15-17)22-9-10-23(27-26-22)28-11-13-29(14-12-28)24(30)25-19-5-4-6-20(16-19)31-3/h4-10,15-16H,11-14H2,1-3H3,(H,25,30). The van der Waals surface area contributed by atoms with Gasteiger partial charge >= 0.3 is 6.03 Å². The molecule has 7 nitrogen and oxygen atoms in total. The number of aromatic nitrogens is 2. The molecule has 2 amide bonds. The highest BCUT2D eigenvalue weighted by Gasteiger charge is 2.22. The average Bonchev–Trinajstić information content (AvgIpc) is 2.79. The van der Waals surface area contributed by atoms with E-state index in [-0.39, 0.29) is 6.03 Å². The highest BCUT2D eigenvalue weighted by molar-refractivity contribution is 5.89. The second-order valence-electron chi connectivity index (χ2n) is 7.73. The first-order chi connectivity index (χ1) is 15.0. The second-order valence-corrected chi connectivity index (χ2v) is 7.73. The van der Waals surface area contributed by atoms with Gasteiger partial charge < -0.3 is 19.9 Å². The molecule has 0 radical (unpaired) electrons. The molecule has 7 heteroatoms. The fourth-order valence-electron chi connectivity index (χ4n) is 3.78. The smallest absolute Gasteiger partial charge is 0.321 e. The van der Waals surface area contributed by atoms with E-state index in [0.717, 1.165) is 22.8 Å². The molecule has 4 rings (SSSR count). The number of rotatable bonds is 4. The van der Waals surface area contributed by atoms with Crippen LogP contribution in [-0.2, 0) is 0 Å². The third kappa shape index (κ3) is 4.77. The summed E-state index contributed by atoms with van der Waals surface area (Å²) in [7, 11) is 1.61. The molecule has 2 heterocycles. The molecule has 1 fully saturated rings. The predicted molar refractivity (Wildman–Crippen MR) is 123 cm³/mol. The molecule has 3 aromatic rings. The predicted octanol–water partition coefficient (Wildman–Crippen LogP) is 4.12. The Morgan fingerprint density at radius 2 is 1.77 bits per heavy atom. The number of carbonyl (C=O) groups excluding carboxylic acids is 1. The van der Waals surface area contributed by atoms with Crippen LogP contribution in [0.3, 0.4) is 0 Å². The number of hydrogen-bond donors (Lipinski definition) is 1. The highest BCUT2D eigenvalue weighted by atomic mass is 16.5. The molecule has 0 saturated carbocycles. The SMILES string of the molecule is COc1cccc(NC(=O)N2CCN(c3ccc(-c4ccc(C)cc4C)nn3)CC2)c1. The lowest BCUT2D eigenvalue weighted by Crippen LogP contribution is -2.50. The summed E-state index contributed by atoms with van der Waals surface area (Å²) in [4.78, 5) is 16.6. The summed E-state index contributed by atoms with van der Waals surface area (Å²) in [5.74, 6) is 1.55. The average molecular weight is 418 g/mol. The third-order valence-electron chi connectivity index (χ3n) is 5.52. The number of urea groups is 1. The minimum absolute atomic E-state index is 0.107. The quantitative estimate of drug-likeness (QED) is 0.691. The van der Waals surface area contributed by atoms with Crippen LogP contribution in [-0.4, -0.2) is 54.4 Å². The van der Waals surface area contributed by atoms with Gasteiger partial charge in [-0.2, -0.15) is 0 Å². The van der Waals surface area contributed by atoms with Crippen molar-refractivity contribution in [3.8, 4) is 17.0 Å². The van der Waals surface area contributed by atoms with E-state index in [1.54, 1.807) is 13.2 Å². The van der Waals surface area contributed by atoms with E-state index in [1.807, 2.05) is 35.2 Å². The number of methoxy groups -OCH3 is 1. The van der Waals surface area contributed by atoms with Gasteiger partial charge in [0.25, 0.3) is 0 Å².